The van der Waals surface area contributed by atoms with Crippen LogP contribution in [-0.4, -0.2) is 99.2 Å². The van der Waals surface area contributed by atoms with Gasteiger partial charge in [0.15, 0.2) is 5.96 Å². The molecule has 1 unspecified atom stereocenters. The van der Waals surface area contributed by atoms with Crippen molar-refractivity contribution < 1.29 is 9.53 Å². The summed E-state index contributed by atoms with van der Waals surface area (Å²) < 4.78 is 5.47. The predicted molar refractivity (Wildman–Crippen MR) is 112 cm³/mol. The molecule has 0 radical (unpaired) electrons. The molecule has 7 nitrogen and oxygen atoms in total. The molecule has 2 aliphatic heterocycles. The lowest BCUT2D eigenvalue weighted by atomic mass is 10.1. The summed E-state index contributed by atoms with van der Waals surface area (Å²) in [6.45, 7) is 11.3. The van der Waals surface area contributed by atoms with Gasteiger partial charge in [-0.25, -0.2) is 4.99 Å². The van der Waals surface area contributed by atoms with E-state index >= 15 is 0 Å². The number of nitrogens with zero attached hydrogens (tertiary/aromatic N) is 4. The Kier molecular flexibility index (Phi) is 10.0. The number of hydrogen-bond donors (Lipinski definition) is 1. The number of nitrogens with one attached hydrogen (secondary N) is 1. The highest BCUT2D eigenvalue weighted by Crippen LogP contribution is 2.15. The average molecular weight is 467 g/mol. The molecule has 2 saturated heterocycles. The van der Waals surface area contributed by atoms with Gasteiger partial charge < -0.3 is 19.9 Å². The molecule has 0 spiro atoms. The first kappa shape index (κ1) is 22.4. The van der Waals surface area contributed by atoms with E-state index in [2.05, 4.69) is 34.0 Å². The van der Waals surface area contributed by atoms with Gasteiger partial charge in [-0.2, -0.15) is 0 Å². The van der Waals surface area contributed by atoms with Gasteiger partial charge in [-0.05, 0) is 26.2 Å². The third-order valence-electron chi connectivity index (χ3n) is 4.49. The summed E-state index contributed by atoms with van der Waals surface area (Å²) in [5.41, 5.74) is 0. The van der Waals surface area contributed by atoms with Crippen LogP contribution in [0.4, 0.5) is 0 Å². The molecule has 1 N–H and O–H groups in total. The highest BCUT2D eigenvalue weighted by atomic mass is 127. The number of hydrogen-bond acceptors (Lipinski definition) is 4. The molecule has 2 heterocycles. The standard InChI is InChI=1S/C17H33N5O2.HI/c1-14(2)19-17(18-11-16(23)20(3)4)22-8-6-21(7-9-22)12-15-5-10-24-13-15;/h14-15H,5-13H2,1-4H3,(H,18,19);1H. The van der Waals surface area contributed by atoms with Crippen LogP contribution in [0.1, 0.15) is 20.3 Å². The van der Waals surface area contributed by atoms with E-state index in [0.29, 0.717) is 12.0 Å². The van der Waals surface area contributed by atoms with Crippen molar-refractivity contribution in [3.8, 4) is 0 Å². The molecule has 8 heteroatoms. The Hall–Kier alpha value is -0.610. The molecule has 1 amide bonds. The van der Waals surface area contributed by atoms with Crippen molar-refractivity contribution in [3.05, 3.63) is 0 Å². The number of ether oxygens (including phenoxy) is 1. The van der Waals surface area contributed by atoms with Crippen LogP contribution >= 0.6 is 24.0 Å². The summed E-state index contributed by atoms with van der Waals surface area (Å²) in [4.78, 5) is 22.7. The lowest BCUT2D eigenvalue weighted by Gasteiger charge is -2.37. The van der Waals surface area contributed by atoms with Crippen molar-refractivity contribution >= 4 is 35.8 Å². The van der Waals surface area contributed by atoms with Gasteiger partial charge in [0, 0.05) is 59.5 Å². The van der Waals surface area contributed by atoms with E-state index in [1.165, 1.54) is 6.42 Å². The van der Waals surface area contributed by atoms with Crippen LogP contribution in [0.2, 0.25) is 0 Å². The zero-order valence-corrected chi connectivity index (χ0v) is 18.4. The average Bonchev–Trinajstić information content (AvgIpc) is 3.04. The molecule has 0 aromatic carbocycles. The molecule has 0 saturated carbocycles. The second-order valence-electron chi connectivity index (χ2n) is 7.24. The van der Waals surface area contributed by atoms with E-state index in [0.717, 1.165) is 51.9 Å². The first-order valence-electron chi connectivity index (χ1n) is 9.02. The first-order chi connectivity index (χ1) is 11.5. The van der Waals surface area contributed by atoms with Gasteiger partial charge in [-0.1, -0.05) is 0 Å². The summed E-state index contributed by atoms with van der Waals surface area (Å²) in [5.74, 6) is 1.57. The Balaban J connectivity index is 0.00000312. The van der Waals surface area contributed by atoms with Crippen LogP contribution in [0.5, 0.6) is 0 Å². The van der Waals surface area contributed by atoms with Crippen LogP contribution < -0.4 is 5.32 Å². The Morgan fingerprint density at radius 3 is 2.48 bits per heavy atom. The number of piperazine rings is 1. The quantitative estimate of drug-likeness (QED) is 0.367. The maximum Gasteiger partial charge on any atom is 0.243 e. The van der Waals surface area contributed by atoms with E-state index < -0.39 is 0 Å². The summed E-state index contributed by atoms with van der Waals surface area (Å²) >= 11 is 0. The number of amides is 1. The molecule has 1 atom stereocenters. The molecular formula is C17H34IN5O2. The maximum atomic E-state index is 11.8. The van der Waals surface area contributed by atoms with Crippen molar-refractivity contribution in [1.29, 1.82) is 0 Å². The number of halogens is 1. The third kappa shape index (κ3) is 7.65. The Labute approximate surface area is 169 Å². The van der Waals surface area contributed by atoms with Crippen molar-refractivity contribution in [2.45, 2.75) is 26.3 Å². The Bertz CT molecular complexity index is 431. The molecule has 0 aromatic rings. The number of rotatable bonds is 5. The second kappa shape index (κ2) is 11.2. The Morgan fingerprint density at radius 2 is 1.96 bits per heavy atom. The normalized spacial score (nSPS) is 22.0. The van der Waals surface area contributed by atoms with Crippen molar-refractivity contribution in [2.75, 3.05) is 66.6 Å². The number of guanidine groups is 1. The van der Waals surface area contributed by atoms with E-state index in [4.69, 9.17) is 4.74 Å². The fourth-order valence-corrected chi connectivity index (χ4v) is 3.01. The molecular weight excluding hydrogens is 433 g/mol. The molecule has 0 aromatic heterocycles. The fraction of sp³-hybridized carbons (Fsp3) is 0.882. The molecule has 146 valence electrons. The summed E-state index contributed by atoms with van der Waals surface area (Å²) in [5, 5.41) is 3.40. The van der Waals surface area contributed by atoms with Crippen LogP contribution in [0.15, 0.2) is 4.99 Å². The van der Waals surface area contributed by atoms with Crippen LogP contribution in [0, 0.1) is 5.92 Å². The van der Waals surface area contributed by atoms with Gasteiger partial charge in [-0.15, -0.1) is 24.0 Å². The van der Waals surface area contributed by atoms with Crippen LogP contribution in [0.25, 0.3) is 0 Å². The van der Waals surface area contributed by atoms with Gasteiger partial charge in [-0.3, -0.25) is 9.69 Å². The zero-order valence-electron chi connectivity index (χ0n) is 16.0. The van der Waals surface area contributed by atoms with Crippen LogP contribution in [-0.2, 0) is 9.53 Å². The van der Waals surface area contributed by atoms with Crippen molar-refractivity contribution in [1.82, 2.24) is 20.0 Å². The minimum Gasteiger partial charge on any atom is -0.381 e. The highest BCUT2D eigenvalue weighted by molar-refractivity contribution is 14.0. The number of aliphatic imine (C=N–C) groups is 1. The zero-order chi connectivity index (χ0) is 17.5. The van der Waals surface area contributed by atoms with E-state index in [1.807, 2.05) is 0 Å². The fourth-order valence-electron chi connectivity index (χ4n) is 3.01. The highest BCUT2D eigenvalue weighted by Gasteiger charge is 2.24. The molecule has 25 heavy (non-hydrogen) atoms. The molecule has 2 fully saturated rings. The van der Waals surface area contributed by atoms with Gasteiger partial charge in [0.05, 0.1) is 6.61 Å². The minimum absolute atomic E-state index is 0. The topological polar surface area (TPSA) is 60.4 Å². The number of carbonyl (C=O) groups excluding carboxylic acids is 1. The second-order valence-corrected chi connectivity index (χ2v) is 7.24. The molecule has 2 aliphatic rings. The number of carbonyl (C=O) groups is 1. The lowest BCUT2D eigenvalue weighted by molar-refractivity contribution is -0.127. The third-order valence-corrected chi connectivity index (χ3v) is 4.49. The van der Waals surface area contributed by atoms with E-state index in [9.17, 15) is 4.79 Å². The van der Waals surface area contributed by atoms with E-state index in [1.54, 1.807) is 19.0 Å². The maximum absolute atomic E-state index is 11.8. The lowest BCUT2D eigenvalue weighted by Crippen LogP contribution is -2.54. The van der Waals surface area contributed by atoms with Gasteiger partial charge in [0.2, 0.25) is 5.91 Å². The number of likely N-dealkylation sites (N-methyl/N-ethyl adjacent to an activating group) is 1. The summed E-state index contributed by atoms with van der Waals surface area (Å²) in [6, 6.07) is 0.298. The van der Waals surface area contributed by atoms with Crippen molar-refractivity contribution in [2.24, 2.45) is 10.9 Å². The summed E-state index contributed by atoms with van der Waals surface area (Å²) in [6.07, 6.45) is 1.19. The van der Waals surface area contributed by atoms with Gasteiger partial charge in [0.1, 0.15) is 6.54 Å². The SMILES string of the molecule is CC(C)NC(=NCC(=O)N(C)C)N1CCN(CC2CCOC2)CC1.I. The smallest absolute Gasteiger partial charge is 0.243 e. The minimum atomic E-state index is 0. The van der Waals surface area contributed by atoms with Gasteiger partial charge in [0.25, 0.3) is 0 Å². The van der Waals surface area contributed by atoms with Gasteiger partial charge >= 0.3 is 0 Å². The largest absolute Gasteiger partial charge is 0.381 e. The molecule has 0 aliphatic carbocycles. The molecule has 0 bridgehead atoms. The van der Waals surface area contributed by atoms with Crippen molar-refractivity contribution in [3.63, 3.8) is 0 Å². The summed E-state index contributed by atoms with van der Waals surface area (Å²) in [7, 11) is 3.53. The predicted octanol–water partition coefficient (Wildman–Crippen LogP) is 0.701. The first-order valence-corrected chi connectivity index (χ1v) is 9.02. The van der Waals surface area contributed by atoms with Crippen LogP contribution in [0.3, 0.4) is 0 Å². The molecule has 2 rings (SSSR count). The van der Waals surface area contributed by atoms with E-state index in [-0.39, 0.29) is 36.4 Å². The monoisotopic (exact) mass is 467 g/mol. The Morgan fingerprint density at radius 1 is 1.28 bits per heavy atom.